The van der Waals surface area contributed by atoms with Crippen LogP contribution in [-0.4, -0.2) is 0 Å². The maximum absolute atomic E-state index is 7.58. The van der Waals surface area contributed by atoms with E-state index in [0.717, 1.165) is 16.8 Å². The zero-order chi connectivity index (χ0) is 17.6. The fourth-order valence-electron chi connectivity index (χ4n) is 1.97. The molecule has 17 heavy (non-hydrogen) atoms. The normalized spacial score (nSPS) is 17.4. The monoisotopic (exact) mass is 232 g/mol. The first-order chi connectivity index (χ1) is 10.4. The molecule has 0 spiro atoms. The fourth-order valence-corrected chi connectivity index (χ4v) is 1.97. The van der Waals surface area contributed by atoms with Gasteiger partial charge in [-0.3, -0.25) is 0 Å². The van der Waals surface area contributed by atoms with E-state index < -0.39 is 13.7 Å². The number of nitrogens with zero attached hydrogens (tertiary/aromatic N) is 1. The van der Waals surface area contributed by atoms with Crippen LogP contribution in [0, 0.1) is 27.6 Å². The molecule has 0 N–H and O–H groups in total. The van der Waals surface area contributed by atoms with Gasteiger partial charge in [-0.2, -0.15) is 0 Å². The second-order valence-corrected chi connectivity index (χ2v) is 4.40. The minimum absolute atomic E-state index is 0.303. The molecule has 2 rings (SSSR count). The second-order valence-electron chi connectivity index (χ2n) is 4.40. The lowest BCUT2D eigenvalue weighted by atomic mass is 10.0. The molecule has 0 aliphatic carbocycles. The third-order valence-electron chi connectivity index (χ3n) is 2.98. The van der Waals surface area contributed by atoms with Crippen molar-refractivity contribution in [1.29, 1.82) is 0 Å². The SMILES string of the molecule is [2H]C([2H])([2H])c1ccc(-c2cc(C)c(C([2H])([2H])[2H])c[n+]2C)c(C)c1. The van der Waals surface area contributed by atoms with Gasteiger partial charge in [-0.15, -0.1) is 0 Å². The van der Waals surface area contributed by atoms with Crippen molar-refractivity contribution in [2.45, 2.75) is 27.6 Å². The first kappa shape index (κ1) is 6.34. The Morgan fingerprint density at radius 3 is 2.47 bits per heavy atom. The van der Waals surface area contributed by atoms with Crippen molar-refractivity contribution in [1.82, 2.24) is 0 Å². The van der Waals surface area contributed by atoms with Gasteiger partial charge in [0.15, 0.2) is 6.20 Å². The smallest absolute Gasteiger partial charge is 0.201 e. The Balaban J connectivity index is 2.58. The zero-order valence-corrected chi connectivity index (χ0v) is 10.3. The van der Waals surface area contributed by atoms with E-state index in [4.69, 9.17) is 8.22 Å². The minimum Gasteiger partial charge on any atom is -0.201 e. The van der Waals surface area contributed by atoms with Crippen LogP contribution in [0.2, 0.25) is 0 Å². The maximum atomic E-state index is 7.58. The Hall–Kier alpha value is -1.63. The van der Waals surface area contributed by atoms with E-state index in [1.807, 2.05) is 13.0 Å². The molecule has 0 unspecified atom stereocenters. The molecule has 0 radical (unpaired) electrons. The summed E-state index contributed by atoms with van der Waals surface area (Å²) in [5.74, 6) is 0. The number of aryl methyl sites for hydroxylation is 5. The highest BCUT2D eigenvalue weighted by Gasteiger charge is 2.13. The van der Waals surface area contributed by atoms with Crippen LogP contribution in [0.4, 0.5) is 0 Å². The Kier molecular flexibility index (Phi) is 1.61. The molecular formula is C16H20N+. The Bertz CT molecular complexity index is 743. The lowest BCUT2D eigenvalue weighted by Gasteiger charge is -2.07. The fraction of sp³-hybridized carbons (Fsp3) is 0.312. The third-order valence-corrected chi connectivity index (χ3v) is 2.98. The highest BCUT2D eigenvalue weighted by molar-refractivity contribution is 5.62. The Morgan fingerprint density at radius 2 is 1.82 bits per heavy atom. The summed E-state index contributed by atoms with van der Waals surface area (Å²) in [5, 5.41) is 0. The second kappa shape index (κ2) is 4.33. The third kappa shape index (κ3) is 2.23. The molecule has 1 nitrogen and oxygen atoms in total. The molecular weight excluding hydrogens is 206 g/mol. The Labute approximate surface area is 112 Å². The number of benzene rings is 1. The summed E-state index contributed by atoms with van der Waals surface area (Å²) in [6, 6.07) is 6.87. The lowest BCUT2D eigenvalue weighted by molar-refractivity contribution is -0.660. The largest absolute Gasteiger partial charge is 0.212 e. The molecule has 0 aliphatic heterocycles. The van der Waals surface area contributed by atoms with E-state index in [1.54, 1.807) is 42.9 Å². The van der Waals surface area contributed by atoms with Crippen molar-refractivity contribution in [3.05, 3.63) is 52.7 Å². The number of rotatable bonds is 1. The zero-order valence-electron chi connectivity index (χ0n) is 16.3. The molecule has 0 amide bonds. The average Bonchev–Trinajstić information content (AvgIpc) is 2.39. The Morgan fingerprint density at radius 1 is 1.00 bits per heavy atom. The number of hydrogen-bond donors (Lipinski definition) is 0. The number of hydrogen-bond acceptors (Lipinski definition) is 0. The van der Waals surface area contributed by atoms with Crippen LogP contribution in [-0.2, 0) is 7.05 Å². The first-order valence-electron chi connectivity index (χ1n) is 8.53. The van der Waals surface area contributed by atoms with Gasteiger partial charge in [0.2, 0.25) is 5.69 Å². The summed E-state index contributed by atoms with van der Waals surface area (Å²) < 4.78 is 47.0. The van der Waals surface area contributed by atoms with E-state index in [1.165, 1.54) is 0 Å². The molecule has 0 saturated carbocycles. The summed E-state index contributed by atoms with van der Waals surface area (Å²) in [7, 11) is 1.79. The summed E-state index contributed by atoms with van der Waals surface area (Å²) in [6.07, 6.45) is 1.62. The average molecular weight is 232 g/mol. The summed E-state index contributed by atoms with van der Waals surface area (Å²) >= 11 is 0. The lowest BCUT2D eigenvalue weighted by Crippen LogP contribution is -2.31. The van der Waals surface area contributed by atoms with Crippen molar-refractivity contribution in [2.24, 2.45) is 7.05 Å². The molecule has 1 heteroatoms. The van der Waals surface area contributed by atoms with E-state index in [0.29, 0.717) is 16.7 Å². The standard InChI is InChI=1S/C16H20N/c1-11-6-7-15(13(3)8-11)16-9-12(2)14(4)10-17(16)5/h6-10H,1-5H3/q+1/i1D3,4D3. The summed E-state index contributed by atoms with van der Waals surface area (Å²) in [5.41, 5.74) is 3.90. The molecule has 0 saturated heterocycles. The quantitative estimate of drug-likeness (QED) is 0.663. The van der Waals surface area contributed by atoms with Crippen molar-refractivity contribution in [3.8, 4) is 11.3 Å². The predicted octanol–water partition coefficient (Wildman–Crippen LogP) is 3.41. The van der Waals surface area contributed by atoms with E-state index in [-0.39, 0.29) is 0 Å². The van der Waals surface area contributed by atoms with Crippen LogP contribution >= 0.6 is 0 Å². The molecule has 0 aliphatic rings. The topological polar surface area (TPSA) is 3.88 Å². The van der Waals surface area contributed by atoms with Crippen LogP contribution in [0.1, 0.15) is 30.5 Å². The highest BCUT2D eigenvalue weighted by atomic mass is 14.9. The van der Waals surface area contributed by atoms with Crippen LogP contribution in [0.5, 0.6) is 0 Å². The number of pyridine rings is 1. The van der Waals surface area contributed by atoms with Gasteiger partial charge in [-0.1, -0.05) is 17.7 Å². The van der Waals surface area contributed by atoms with Gasteiger partial charge < -0.3 is 0 Å². The van der Waals surface area contributed by atoms with E-state index in [2.05, 4.69) is 0 Å². The molecule has 2 aromatic rings. The molecule has 0 fully saturated rings. The van der Waals surface area contributed by atoms with Gasteiger partial charge in [0.1, 0.15) is 7.05 Å². The van der Waals surface area contributed by atoms with E-state index >= 15 is 0 Å². The van der Waals surface area contributed by atoms with Crippen molar-refractivity contribution in [2.75, 3.05) is 0 Å². The maximum Gasteiger partial charge on any atom is 0.212 e. The van der Waals surface area contributed by atoms with Crippen LogP contribution in [0.3, 0.4) is 0 Å². The summed E-state index contributed by atoms with van der Waals surface area (Å²) in [6.45, 7) is -0.651. The predicted molar refractivity (Wildman–Crippen MR) is 72.0 cm³/mol. The molecule has 1 heterocycles. The van der Waals surface area contributed by atoms with Gasteiger partial charge in [0, 0.05) is 25.4 Å². The van der Waals surface area contributed by atoms with Crippen LogP contribution < -0.4 is 4.57 Å². The van der Waals surface area contributed by atoms with Crippen molar-refractivity contribution in [3.63, 3.8) is 0 Å². The van der Waals surface area contributed by atoms with Crippen LogP contribution in [0.15, 0.2) is 30.5 Å². The van der Waals surface area contributed by atoms with Gasteiger partial charge >= 0.3 is 0 Å². The first-order valence-corrected chi connectivity index (χ1v) is 5.53. The molecule has 0 atom stereocenters. The van der Waals surface area contributed by atoms with Crippen molar-refractivity contribution < 1.29 is 12.8 Å². The molecule has 1 aromatic heterocycles. The van der Waals surface area contributed by atoms with Gasteiger partial charge in [0.05, 0.1) is 0 Å². The minimum atomic E-state index is -2.15. The summed E-state index contributed by atoms with van der Waals surface area (Å²) in [4.78, 5) is 0. The van der Waals surface area contributed by atoms with Crippen molar-refractivity contribution >= 4 is 0 Å². The van der Waals surface area contributed by atoms with Gasteiger partial charge in [-0.05, 0) is 44.7 Å². The molecule has 1 aromatic carbocycles. The van der Waals surface area contributed by atoms with Gasteiger partial charge in [-0.25, -0.2) is 4.57 Å². The van der Waals surface area contributed by atoms with E-state index in [9.17, 15) is 0 Å². The molecule has 0 bridgehead atoms. The van der Waals surface area contributed by atoms with Crippen LogP contribution in [0.25, 0.3) is 11.3 Å². The van der Waals surface area contributed by atoms with Gasteiger partial charge in [0.25, 0.3) is 0 Å². The molecule has 88 valence electrons. The number of aromatic nitrogens is 1. The highest BCUT2D eigenvalue weighted by Crippen LogP contribution is 2.22.